The van der Waals surface area contributed by atoms with E-state index in [2.05, 4.69) is 0 Å². The third kappa shape index (κ3) is 17.7. The van der Waals surface area contributed by atoms with Crippen LogP contribution in [0.3, 0.4) is 0 Å². The molecular weight excluding hydrogens is 1510 g/mol. The number of carbonyl (C=O) groups is 9. The highest BCUT2D eigenvalue weighted by molar-refractivity contribution is 6.23. The fraction of sp³-hybridized carbons (Fsp3) is 0.149. The van der Waals surface area contributed by atoms with Gasteiger partial charge in [0.05, 0.1) is 49.9 Å². The summed E-state index contributed by atoms with van der Waals surface area (Å²) < 4.78 is 77.4. The summed E-state index contributed by atoms with van der Waals surface area (Å²) >= 11 is 0. The minimum Gasteiger partial charge on any atom is -0.871 e. The summed E-state index contributed by atoms with van der Waals surface area (Å²) in [6.45, 7) is -1.17. The first-order valence-electron chi connectivity index (χ1n) is 37.5. The number of carbonyl (C=O) groups excluding carboxylic acids is 9. The van der Waals surface area contributed by atoms with Crippen LogP contribution in [-0.2, 0) is 59.2 Å². The highest BCUT2D eigenvalue weighted by Gasteiger charge is 2.56. The van der Waals surface area contributed by atoms with Gasteiger partial charge in [-0.15, -0.1) is 0 Å². The quantitative estimate of drug-likeness (QED) is 0.0235. The maximum absolute atomic E-state index is 14.3. The zero-order chi connectivity index (χ0) is 81.8. The number of hydrogen-bond donors (Lipinski definition) is 0. The Labute approximate surface area is 675 Å². The molecule has 2 fully saturated rings. The molecule has 10 atom stereocenters. The summed E-state index contributed by atoms with van der Waals surface area (Å²) in [5.41, 5.74) is 3.61. The zero-order valence-corrected chi connectivity index (χ0v) is 63.1. The number of ketones is 1. The standard InChI is InChI=1S/C94H72N2O22/c1-95-67(45-43-65-51-69(47-49-73(65)95)109-93-83(117-91(105)63-39-23-9-24-40-63)81(115-89(103)61-35-19-7-20-36-61)79(113-87(101)59-31-15-5-16-32-59)75(111-93)55-107-85(99)57-27-11-3-12-28-57)53-71-77(97)72(78(71)98)54-68-46-44-66-52-70(48-50-74(66)96(68)2)110-94-84(118-92(106)64-41-25-10-26-42-64)82(116-90(104)62-37-21-8-22-38-62)80(114-88(102)60-33-17-6-18-34-60)76(112-94)56-108-86(100)58-29-13-4-14-30-58/h3-54,75-76,79-84,93-94H,55-56H2,1-2H3/t75-,76-,79-,80-,81+,82+,83-,84-,93-,94-/m1/s1. The maximum atomic E-state index is 14.3. The highest BCUT2D eigenvalue weighted by Crippen LogP contribution is 2.40. The van der Waals surface area contributed by atoms with E-state index in [1.54, 1.807) is 254 Å². The Morgan fingerprint density at radius 3 is 1.10 bits per heavy atom. The van der Waals surface area contributed by atoms with Crippen LogP contribution in [0, 0.1) is 0 Å². The van der Waals surface area contributed by atoms with Gasteiger partial charge in [0.25, 0.3) is 0 Å². The molecule has 4 aliphatic rings. The number of esters is 8. The summed E-state index contributed by atoms with van der Waals surface area (Å²) in [5, 5.41) is 14.8. The normalized spacial score (nSPS) is 20.6. The van der Waals surface area contributed by atoms with E-state index in [0.29, 0.717) is 33.5 Å². The van der Waals surface area contributed by atoms with Crippen LogP contribution in [0.25, 0.3) is 23.1 Å². The number of pyridine rings is 1. The second kappa shape index (κ2) is 35.7. The van der Waals surface area contributed by atoms with Crippen molar-refractivity contribution in [2.24, 2.45) is 7.05 Å². The number of nitrogens with zero attached hydrogens (tertiary/aromatic N) is 2. The molecule has 2 saturated heterocycles. The minimum atomic E-state index is -1.69. The van der Waals surface area contributed by atoms with Crippen molar-refractivity contribution in [2.45, 2.75) is 61.4 Å². The lowest BCUT2D eigenvalue weighted by atomic mass is 9.86. The number of aryl methyl sites for hydroxylation is 1. The lowest BCUT2D eigenvalue weighted by molar-refractivity contribution is -0.646. The summed E-state index contributed by atoms with van der Waals surface area (Å²) in [6.07, 6.45) is -9.81. The van der Waals surface area contributed by atoms with Gasteiger partial charge in [-0.1, -0.05) is 157 Å². The molecule has 0 amide bonds. The largest absolute Gasteiger partial charge is 0.871 e. The second-order valence-electron chi connectivity index (χ2n) is 27.5. The van der Waals surface area contributed by atoms with Crippen LogP contribution in [0.1, 0.15) is 94.1 Å². The third-order valence-electron chi connectivity index (χ3n) is 19.9. The van der Waals surface area contributed by atoms with Crippen molar-refractivity contribution in [3.8, 4) is 11.5 Å². The molecule has 0 N–H and O–H groups in total. The molecule has 24 nitrogen and oxygen atoms in total. The summed E-state index contributed by atoms with van der Waals surface area (Å²) in [4.78, 5) is 129. The topological polar surface area (TPSA) is 295 Å². The van der Waals surface area contributed by atoms with E-state index in [1.807, 2.05) is 0 Å². The van der Waals surface area contributed by atoms with Crippen LogP contribution in [0.2, 0.25) is 0 Å². The fourth-order valence-electron chi connectivity index (χ4n) is 13.7. The number of Topliss-reactive ketones (excluding diaryl/α,β-unsaturated/α-hetero) is 1. The predicted octanol–water partition coefficient (Wildman–Crippen LogP) is 12.6. The predicted molar refractivity (Wildman–Crippen MR) is 423 cm³/mol. The SMILES string of the molecule is CN1/C(=C/C2=C([O-])C(=C/c3ccc4cc(O[C@@H]5O[C@H](COC(=O)c6ccccc6)[C@@H](OC(=O)c6ccccc6)[C@H](OC(=O)c6ccccc6)[C@H]5OC(=O)c5ccccc5)ccc4[n+]3C)/C2=O)C=Cc2cc(O[C@@H]3O[C@H](COC(=O)c4ccccc4)[C@@H](OC(=O)c4ccccc4)[C@H](OC(=O)c4ccccc4)[C@H]3OC(=O)c3ccccc3)ccc21. The van der Waals surface area contributed by atoms with Gasteiger partial charge in [0.15, 0.2) is 30.2 Å². The van der Waals surface area contributed by atoms with Gasteiger partial charge in [-0.05, 0) is 146 Å². The van der Waals surface area contributed by atoms with Gasteiger partial charge in [0.1, 0.15) is 44.0 Å². The average Bonchev–Trinajstić information content (AvgIpc) is 0.699. The van der Waals surface area contributed by atoms with E-state index >= 15 is 0 Å². The first-order valence-corrected chi connectivity index (χ1v) is 37.5. The molecule has 590 valence electrons. The molecule has 0 unspecified atom stereocenters. The molecule has 0 spiro atoms. The van der Waals surface area contributed by atoms with Crippen LogP contribution in [0.15, 0.2) is 326 Å². The van der Waals surface area contributed by atoms with Crippen LogP contribution >= 0.6 is 0 Å². The van der Waals surface area contributed by atoms with Crippen molar-refractivity contribution in [3.05, 3.63) is 382 Å². The number of allylic oxidation sites excluding steroid dienone is 4. The van der Waals surface area contributed by atoms with Crippen LogP contribution in [0.5, 0.6) is 11.5 Å². The number of ether oxygens (including phenoxy) is 12. The van der Waals surface area contributed by atoms with Gasteiger partial charge in [-0.25, -0.2) is 38.4 Å². The molecular formula is C94H72N2O22. The van der Waals surface area contributed by atoms with Crippen molar-refractivity contribution in [1.82, 2.24) is 0 Å². The Kier molecular flexibility index (Phi) is 23.7. The summed E-state index contributed by atoms with van der Waals surface area (Å²) in [5.74, 6) is -7.54. The number of benzene rings is 10. The Morgan fingerprint density at radius 2 is 0.729 bits per heavy atom. The van der Waals surface area contributed by atoms with E-state index < -0.39 is 134 Å². The first-order chi connectivity index (χ1) is 57.5. The number of anilines is 1. The number of fused-ring (bicyclic) bond motifs is 2. The molecule has 0 bridgehead atoms. The smallest absolute Gasteiger partial charge is 0.338 e. The zero-order valence-electron chi connectivity index (χ0n) is 63.1. The molecule has 0 radical (unpaired) electrons. The summed E-state index contributed by atoms with van der Waals surface area (Å²) in [6, 6.07) is 77.5. The van der Waals surface area contributed by atoms with Gasteiger partial charge < -0.3 is 66.8 Å². The molecule has 15 rings (SSSR count). The monoisotopic (exact) mass is 1580 g/mol. The van der Waals surface area contributed by atoms with Gasteiger partial charge in [-0.2, -0.15) is 4.57 Å². The van der Waals surface area contributed by atoms with Crippen molar-refractivity contribution in [3.63, 3.8) is 0 Å². The molecule has 11 aromatic rings. The van der Waals surface area contributed by atoms with Crippen molar-refractivity contribution in [2.75, 3.05) is 25.2 Å². The Morgan fingerprint density at radius 1 is 0.390 bits per heavy atom. The van der Waals surface area contributed by atoms with E-state index in [0.717, 1.165) is 0 Å². The second-order valence-corrected chi connectivity index (χ2v) is 27.5. The molecule has 24 heteroatoms. The van der Waals surface area contributed by atoms with E-state index in [4.69, 9.17) is 56.8 Å². The van der Waals surface area contributed by atoms with Crippen LogP contribution < -0.4 is 24.0 Å². The van der Waals surface area contributed by atoms with Crippen LogP contribution in [-0.4, -0.2) is 135 Å². The number of hydrogen-bond acceptors (Lipinski definition) is 23. The van der Waals surface area contributed by atoms with Gasteiger partial charge in [0.2, 0.25) is 36.0 Å². The molecule has 0 saturated carbocycles. The van der Waals surface area contributed by atoms with Crippen molar-refractivity contribution >= 4 is 82.3 Å². The Hall–Kier alpha value is -14.9. The van der Waals surface area contributed by atoms with Crippen molar-refractivity contribution < 1.29 is 110 Å². The van der Waals surface area contributed by atoms with E-state index in [1.165, 1.54) is 84.9 Å². The average molecular weight is 1580 g/mol. The summed E-state index contributed by atoms with van der Waals surface area (Å²) in [7, 11) is 3.48. The minimum absolute atomic E-state index is 0.0803. The molecule has 1 aromatic heterocycles. The maximum Gasteiger partial charge on any atom is 0.338 e. The van der Waals surface area contributed by atoms with Crippen molar-refractivity contribution in [1.29, 1.82) is 0 Å². The van der Waals surface area contributed by atoms with Gasteiger partial charge in [-0.3, -0.25) is 4.79 Å². The molecule has 4 heterocycles. The number of likely N-dealkylation sites (N-methyl/N-ethyl adjacent to an activating group) is 1. The highest BCUT2D eigenvalue weighted by atomic mass is 16.7. The Balaban J connectivity index is 0.695. The fourth-order valence-corrected chi connectivity index (χ4v) is 13.7. The third-order valence-corrected chi connectivity index (χ3v) is 19.9. The van der Waals surface area contributed by atoms with Crippen LogP contribution in [0.4, 0.5) is 5.69 Å². The number of rotatable bonds is 24. The molecule has 3 aliphatic heterocycles. The van der Waals surface area contributed by atoms with Gasteiger partial charge >= 0.3 is 47.8 Å². The molecule has 1 aliphatic carbocycles. The van der Waals surface area contributed by atoms with E-state index in [-0.39, 0.29) is 67.2 Å². The lowest BCUT2D eigenvalue weighted by Crippen LogP contribution is -2.63. The Bertz CT molecular complexity index is 5720. The first kappa shape index (κ1) is 78.4. The van der Waals surface area contributed by atoms with Gasteiger partial charge in [0, 0.05) is 53.4 Å². The lowest BCUT2D eigenvalue weighted by Gasteiger charge is -2.44. The number of aromatic nitrogens is 1. The molecule has 10 aromatic carbocycles. The van der Waals surface area contributed by atoms with E-state index in [9.17, 15) is 48.3 Å². The molecule has 118 heavy (non-hydrogen) atoms.